The van der Waals surface area contributed by atoms with Crippen LogP contribution in [-0.2, 0) is 9.84 Å². The van der Waals surface area contributed by atoms with Gasteiger partial charge in [0.2, 0.25) is 9.84 Å². The van der Waals surface area contributed by atoms with Crippen molar-refractivity contribution in [2.24, 2.45) is 9.98 Å². The van der Waals surface area contributed by atoms with Crippen LogP contribution in [0.4, 0.5) is 22.7 Å². The van der Waals surface area contributed by atoms with Crippen molar-refractivity contribution in [3.63, 3.8) is 0 Å². The highest BCUT2D eigenvalue weighted by Gasteiger charge is 2.41. The number of rotatable bonds is 2. The minimum absolute atomic E-state index is 0.0255. The molecule has 10 rings (SSSR count). The predicted octanol–water partition coefficient (Wildman–Crippen LogP) is 6.93. The number of carbonyl (C=O) groups is 2. The summed E-state index contributed by atoms with van der Waals surface area (Å²) >= 11 is 0. The van der Waals surface area contributed by atoms with E-state index in [9.17, 15) is 18.0 Å². The minimum Gasteiger partial charge on any atom is -0.268 e. The molecule has 2 amide bonds. The molecule has 0 N–H and O–H groups in total. The van der Waals surface area contributed by atoms with E-state index in [0.717, 1.165) is 44.3 Å². The van der Waals surface area contributed by atoms with Crippen LogP contribution in [0.1, 0.15) is 31.8 Å². The van der Waals surface area contributed by atoms with Crippen molar-refractivity contribution < 1.29 is 18.0 Å². The maximum Gasteiger partial charge on any atom is 0.264 e. The Kier molecular flexibility index (Phi) is 4.44. The fourth-order valence-corrected chi connectivity index (χ4v) is 8.30. The van der Waals surface area contributed by atoms with E-state index >= 15 is 0 Å². The molecule has 8 nitrogen and oxygen atoms in total. The lowest BCUT2D eigenvalue weighted by Gasteiger charge is -2.24. The summed E-state index contributed by atoms with van der Waals surface area (Å²) in [5.41, 5.74) is 4.57. The second-order valence-electron chi connectivity index (χ2n) is 11.4. The Hall–Kier alpha value is -5.93. The number of amides is 2. The molecule has 4 heterocycles. The Morgan fingerprint density at radius 3 is 1.36 bits per heavy atom. The van der Waals surface area contributed by atoms with Gasteiger partial charge < -0.3 is 0 Å². The molecule has 212 valence electrons. The molecule has 4 aliphatic heterocycles. The predicted molar refractivity (Wildman–Crippen MR) is 172 cm³/mol. The molecule has 0 unspecified atom stereocenters. The molecule has 6 aromatic carbocycles. The standard InChI is InChI=1S/C36H18N4O4S/c41-35-23-15-13-21(17-25(23)33-37-27-9-1-5-19-7-3-11-29(31(19)27)39(33)35)45(43,44)22-14-16-24-26(18-22)34-38-28-10-2-6-20-8-4-12-30(32(20)28)40(34)36(24)42/h1-18H. The van der Waals surface area contributed by atoms with Crippen molar-refractivity contribution in [3.05, 3.63) is 131 Å². The van der Waals surface area contributed by atoms with Crippen LogP contribution in [0, 0.1) is 0 Å². The zero-order valence-electron chi connectivity index (χ0n) is 23.2. The number of nitrogens with zero attached hydrogens (tertiary/aromatic N) is 4. The monoisotopic (exact) mass is 602 g/mol. The van der Waals surface area contributed by atoms with Gasteiger partial charge in [0.1, 0.15) is 11.7 Å². The van der Waals surface area contributed by atoms with Crippen LogP contribution in [0.25, 0.3) is 21.5 Å². The lowest BCUT2D eigenvalue weighted by atomic mass is 10.0. The number of fused-ring (bicyclic) bond motifs is 8. The molecule has 6 aromatic rings. The number of benzene rings is 6. The first-order valence-electron chi connectivity index (χ1n) is 14.3. The summed E-state index contributed by atoms with van der Waals surface area (Å²) in [5.74, 6) is 0.295. The van der Waals surface area contributed by atoms with Gasteiger partial charge >= 0.3 is 0 Å². The summed E-state index contributed by atoms with van der Waals surface area (Å²) in [6.07, 6.45) is 0. The highest BCUT2D eigenvalue weighted by molar-refractivity contribution is 7.91. The number of anilines is 2. The van der Waals surface area contributed by atoms with Crippen molar-refractivity contribution >= 4 is 77.6 Å². The Balaban J connectivity index is 1.10. The number of hydrogen-bond donors (Lipinski definition) is 0. The van der Waals surface area contributed by atoms with E-state index in [-0.39, 0.29) is 21.6 Å². The molecule has 0 aliphatic carbocycles. The summed E-state index contributed by atoms with van der Waals surface area (Å²) in [6, 6.07) is 32.1. The second kappa shape index (κ2) is 8.16. The lowest BCUT2D eigenvalue weighted by molar-refractivity contribution is 0.0999. The highest BCUT2D eigenvalue weighted by Crippen LogP contribution is 2.45. The van der Waals surface area contributed by atoms with Crippen molar-refractivity contribution in [2.75, 3.05) is 9.80 Å². The topological polar surface area (TPSA) is 99.5 Å². The highest BCUT2D eigenvalue weighted by atomic mass is 32.2. The zero-order chi connectivity index (χ0) is 30.2. The van der Waals surface area contributed by atoms with E-state index in [1.807, 2.05) is 72.8 Å². The minimum atomic E-state index is -4.06. The van der Waals surface area contributed by atoms with Crippen LogP contribution in [0.15, 0.2) is 129 Å². The first kappa shape index (κ1) is 24.5. The van der Waals surface area contributed by atoms with Crippen molar-refractivity contribution in [3.8, 4) is 0 Å². The summed E-state index contributed by atoms with van der Waals surface area (Å²) in [4.78, 5) is 40.0. The third kappa shape index (κ3) is 3.02. The van der Waals surface area contributed by atoms with Gasteiger partial charge in [0.05, 0.1) is 43.7 Å². The molecule has 4 aliphatic rings. The number of sulfone groups is 1. The smallest absolute Gasteiger partial charge is 0.264 e. The van der Waals surface area contributed by atoms with Gasteiger partial charge in [-0.05, 0) is 71.4 Å². The lowest BCUT2D eigenvalue weighted by Crippen LogP contribution is -2.31. The van der Waals surface area contributed by atoms with Crippen molar-refractivity contribution in [1.29, 1.82) is 0 Å². The summed E-state index contributed by atoms with van der Waals surface area (Å²) in [5, 5.41) is 3.69. The Bertz CT molecular complexity index is 2440. The first-order chi connectivity index (χ1) is 21.9. The van der Waals surface area contributed by atoms with Gasteiger partial charge in [-0.3, -0.25) is 19.4 Å². The molecule has 0 saturated heterocycles. The first-order valence-corrected chi connectivity index (χ1v) is 15.8. The Labute approximate surface area is 256 Å². The molecular weight excluding hydrogens is 584 g/mol. The van der Waals surface area contributed by atoms with E-state index in [0.29, 0.717) is 33.9 Å². The van der Waals surface area contributed by atoms with E-state index in [2.05, 4.69) is 0 Å². The fraction of sp³-hybridized carbons (Fsp3) is 0. The van der Waals surface area contributed by atoms with E-state index < -0.39 is 9.84 Å². The van der Waals surface area contributed by atoms with Gasteiger partial charge in [0, 0.05) is 21.9 Å². The van der Waals surface area contributed by atoms with Crippen LogP contribution in [0.5, 0.6) is 0 Å². The van der Waals surface area contributed by atoms with Gasteiger partial charge in [0.25, 0.3) is 11.8 Å². The SMILES string of the molecule is O=C1c2ccc(S(=O)(=O)c3ccc4c(c3)C3=Nc5cccc6cccc(c56)N3C4=O)cc2C2=Nc3cccc4cccc(c34)N12. The quantitative estimate of drug-likeness (QED) is 0.215. The van der Waals surface area contributed by atoms with E-state index in [1.165, 1.54) is 24.3 Å². The van der Waals surface area contributed by atoms with E-state index in [1.54, 1.807) is 21.9 Å². The van der Waals surface area contributed by atoms with Crippen LogP contribution in [-0.4, -0.2) is 31.9 Å². The van der Waals surface area contributed by atoms with Gasteiger partial charge in [-0.15, -0.1) is 0 Å². The molecule has 45 heavy (non-hydrogen) atoms. The maximum atomic E-state index is 14.1. The molecule has 0 radical (unpaired) electrons. The fourth-order valence-electron chi connectivity index (χ4n) is 6.99. The third-order valence-corrected chi connectivity index (χ3v) is 10.8. The third-order valence-electron chi connectivity index (χ3n) is 9.03. The largest absolute Gasteiger partial charge is 0.268 e. The summed E-state index contributed by atoms with van der Waals surface area (Å²) in [6.45, 7) is 0. The molecule has 0 atom stereocenters. The average molecular weight is 603 g/mol. The van der Waals surface area contributed by atoms with Gasteiger partial charge in [-0.25, -0.2) is 18.4 Å². The molecule has 0 fully saturated rings. The van der Waals surface area contributed by atoms with Crippen molar-refractivity contribution in [1.82, 2.24) is 0 Å². The normalized spacial score (nSPS) is 15.6. The molecular formula is C36H18N4O4S. The van der Waals surface area contributed by atoms with Gasteiger partial charge in [-0.2, -0.15) is 0 Å². The average Bonchev–Trinajstić information content (AvgIpc) is 3.51. The number of amidine groups is 2. The van der Waals surface area contributed by atoms with Crippen LogP contribution in [0.3, 0.4) is 0 Å². The molecule has 9 heteroatoms. The molecule has 0 saturated carbocycles. The zero-order valence-corrected chi connectivity index (χ0v) is 24.0. The van der Waals surface area contributed by atoms with Crippen molar-refractivity contribution in [2.45, 2.75) is 9.79 Å². The molecule has 0 aromatic heterocycles. The number of carbonyl (C=O) groups excluding carboxylic acids is 2. The molecule has 0 bridgehead atoms. The Morgan fingerprint density at radius 1 is 0.489 bits per heavy atom. The van der Waals surface area contributed by atoms with E-state index in [4.69, 9.17) is 9.98 Å². The van der Waals surface area contributed by atoms with Gasteiger partial charge in [0.15, 0.2) is 0 Å². The van der Waals surface area contributed by atoms with Crippen LogP contribution in [0.2, 0.25) is 0 Å². The Morgan fingerprint density at radius 2 is 0.911 bits per heavy atom. The summed E-state index contributed by atoms with van der Waals surface area (Å²) in [7, 11) is -4.06. The number of aliphatic imine (C=N–C) groups is 2. The molecule has 0 spiro atoms. The maximum absolute atomic E-state index is 14.1. The number of hydrogen-bond acceptors (Lipinski definition) is 6. The summed E-state index contributed by atoms with van der Waals surface area (Å²) < 4.78 is 28.3. The second-order valence-corrected chi connectivity index (χ2v) is 13.3. The van der Waals surface area contributed by atoms with Crippen LogP contribution >= 0.6 is 0 Å². The van der Waals surface area contributed by atoms with Crippen LogP contribution < -0.4 is 9.80 Å². The van der Waals surface area contributed by atoms with Gasteiger partial charge in [-0.1, -0.05) is 48.5 Å².